The summed E-state index contributed by atoms with van der Waals surface area (Å²) in [4.78, 5) is 31.2. The Bertz CT molecular complexity index is 1010. The summed E-state index contributed by atoms with van der Waals surface area (Å²) >= 11 is 0. The van der Waals surface area contributed by atoms with Crippen molar-refractivity contribution in [3.63, 3.8) is 0 Å². The first-order valence-corrected chi connectivity index (χ1v) is 11.2. The number of benzene rings is 1. The minimum Gasteiger partial charge on any atom is -0.444 e. The number of ether oxygens (including phenoxy) is 1. The molecule has 8 nitrogen and oxygen atoms in total. The van der Waals surface area contributed by atoms with Gasteiger partial charge < -0.3 is 19.7 Å². The lowest BCUT2D eigenvalue weighted by Crippen LogP contribution is -2.46. The van der Waals surface area contributed by atoms with Crippen LogP contribution in [0.4, 0.5) is 4.79 Å². The zero-order chi connectivity index (χ0) is 23.0. The Morgan fingerprint density at radius 2 is 2.00 bits per heavy atom. The first-order valence-electron chi connectivity index (χ1n) is 11.2. The third kappa shape index (κ3) is 4.56. The zero-order valence-electron chi connectivity index (χ0n) is 19.2. The predicted molar refractivity (Wildman–Crippen MR) is 120 cm³/mol. The molecule has 1 saturated heterocycles. The third-order valence-electron chi connectivity index (χ3n) is 6.11. The third-order valence-corrected chi connectivity index (χ3v) is 6.11. The second kappa shape index (κ2) is 8.67. The van der Waals surface area contributed by atoms with Gasteiger partial charge in [0.2, 0.25) is 0 Å². The minimum atomic E-state index is -1.03. The van der Waals surface area contributed by atoms with E-state index in [0.29, 0.717) is 25.2 Å². The van der Waals surface area contributed by atoms with Crippen LogP contribution < -0.4 is 5.32 Å². The van der Waals surface area contributed by atoms with Crippen molar-refractivity contribution in [2.45, 2.75) is 70.7 Å². The van der Waals surface area contributed by atoms with Crippen LogP contribution in [0.5, 0.6) is 0 Å². The number of aryl methyl sites for hydroxylation is 1. The predicted octanol–water partition coefficient (Wildman–Crippen LogP) is 2.56. The van der Waals surface area contributed by atoms with E-state index in [1.807, 2.05) is 48.4 Å². The normalized spacial score (nSPS) is 20.2. The fraction of sp³-hybridized carbons (Fsp3) is 0.542. The molecule has 4 rings (SSSR count). The summed E-state index contributed by atoms with van der Waals surface area (Å²) in [6.07, 6.45) is 2.56. The number of amides is 1. The van der Waals surface area contributed by atoms with E-state index in [2.05, 4.69) is 16.4 Å². The van der Waals surface area contributed by atoms with Gasteiger partial charge in [0, 0.05) is 30.5 Å². The maximum absolute atomic E-state index is 12.6. The van der Waals surface area contributed by atoms with Gasteiger partial charge in [0.05, 0.1) is 12.0 Å². The van der Waals surface area contributed by atoms with Gasteiger partial charge in [0.1, 0.15) is 23.5 Å². The minimum absolute atomic E-state index is 0.117. The molecule has 1 aromatic carbocycles. The van der Waals surface area contributed by atoms with Crippen molar-refractivity contribution in [3.05, 3.63) is 47.5 Å². The summed E-state index contributed by atoms with van der Waals surface area (Å²) in [5.41, 5.74) is 3.26. The lowest BCUT2D eigenvalue weighted by Gasteiger charge is -2.30. The van der Waals surface area contributed by atoms with Crippen LogP contribution in [0.1, 0.15) is 57.2 Å². The molecule has 0 bridgehead atoms. The van der Waals surface area contributed by atoms with Crippen molar-refractivity contribution in [1.82, 2.24) is 19.8 Å². The number of imidazole rings is 1. The van der Waals surface area contributed by atoms with Gasteiger partial charge in [-0.3, -0.25) is 9.69 Å². The molecule has 0 saturated carbocycles. The quantitative estimate of drug-likeness (QED) is 0.742. The van der Waals surface area contributed by atoms with Crippen molar-refractivity contribution < 1.29 is 19.4 Å². The summed E-state index contributed by atoms with van der Waals surface area (Å²) in [5.74, 6) is -0.117. The van der Waals surface area contributed by atoms with E-state index in [0.717, 1.165) is 24.2 Å². The van der Waals surface area contributed by atoms with E-state index in [-0.39, 0.29) is 11.8 Å². The molecule has 2 aliphatic heterocycles. The van der Waals surface area contributed by atoms with Crippen molar-refractivity contribution in [2.24, 2.45) is 0 Å². The number of carbonyl (C=O) groups is 2. The zero-order valence-corrected chi connectivity index (χ0v) is 19.2. The average molecular weight is 441 g/mol. The Labute approximate surface area is 188 Å². The molecule has 3 atom stereocenters. The summed E-state index contributed by atoms with van der Waals surface area (Å²) in [5, 5.41) is 14.2. The fourth-order valence-electron chi connectivity index (χ4n) is 4.76. The first kappa shape index (κ1) is 22.5. The van der Waals surface area contributed by atoms with Crippen LogP contribution in [0.3, 0.4) is 0 Å². The molecule has 2 N–H and O–H groups in total. The average Bonchev–Trinajstić information content (AvgIpc) is 3.33. The highest BCUT2D eigenvalue weighted by Crippen LogP contribution is 2.32. The number of alkyl carbamates (subject to hydrolysis) is 1. The highest BCUT2D eigenvalue weighted by atomic mass is 16.6. The van der Waals surface area contributed by atoms with Crippen molar-refractivity contribution in [3.8, 4) is 5.69 Å². The second-order valence-corrected chi connectivity index (χ2v) is 9.70. The number of nitrogens with one attached hydrogen (secondary N) is 1. The van der Waals surface area contributed by atoms with Gasteiger partial charge in [-0.2, -0.15) is 0 Å². The molecule has 32 heavy (non-hydrogen) atoms. The molecule has 172 valence electrons. The molecular formula is C24H32N4O4. The Balaban J connectivity index is 1.50. The molecule has 2 aliphatic rings. The van der Waals surface area contributed by atoms with Crippen molar-refractivity contribution >= 4 is 11.9 Å². The maximum Gasteiger partial charge on any atom is 0.407 e. The monoisotopic (exact) mass is 440 g/mol. The summed E-state index contributed by atoms with van der Waals surface area (Å²) in [6.45, 7) is 8.03. The second-order valence-electron chi connectivity index (χ2n) is 9.70. The van der Waals surface area contributed by atoms with Crippen LogP contribution in [0.2, 0.25) is 0 Å². The summed E-state index contributed by atoms with van der Waals surface area (Å²) < 4.78 is 7.36. The standard InChI is InChI=1S/C24H32N4O4/c1-15(29)21(27-12-11-17(13-27)26-23(31)32-24(2,3)4)22(30)20-19-10-9-16-7-5-6-8-18(16)28(19)14-25-20/h5-8,14,17,21-22,30H,9-13H2,1-4H3,(H,26,31)/t17-,21?,22?/m0/s1. The van der Waals surface area contributed by atoms with Crippen molar-refractivity contribution in [1.29, 1.82) is 0 Å². The molecule has 2 unspecified atom stereocenters. The Morgan fingerprint density at radius 1 is 1.25 bits per heavy atom. The van der Waals surface area contributed by atoms with Gasteiger partial charge in [0.15, 0.2) is 0 Å². The van der Waals surface area contributed by atoms with Gasteiger partial charge in [-0.1, -0.05) is 18.2 Å². The largest absolute Gasteiger partial charge is 0.444 e. The van der Waals surface area contributed by atoms with Crippen LogP contribution in [0.25, 0.3) is 5.69 Å². The molecule has 2 aromatic rings. The van der Waals surface area contributed by atoms with Gasteiger partial charge in [-0.15, -0.1) is 0 Å². The molecule has 1 aromatic heterocycles. The number of nitrogens with zero attached hydrogens (tertiary/aromatic N) is 3. The van der Waals surface area contributed by atoms with Crippen LogP contribution in [0.15, 0.2) is 30.6 Å². The van der Waals surface area contributed by atoms with E-state index in [9.17, 15) is 14.7 Å². The number of Topliss-reactive ketones (excluding diaryl/α,β-unsaturated/α-hetero) is 1. The molecule has 0 radical (unpaired) electrons. The fourth-order valence-corrected chi connectivity index (χ4v) is 4.76. The molecule has 1 fully saturated rings. The van der Waals surface area contributed by atoms with E-state index < -0.39 is 23.8 Å². The molecule has 1 amide bonds. The topological polar surface area (TPSA) is 96.7 Å². The maximum atomic E-state index is 12.6. The van der Waals surface area contributed by atoms with Gasteiger partial charge >= 0.3 is 6.09 Å². The van der Waals surface area contributed by atoms with E-state index in [1.54, 1.807) is 6.33 Å². The Kier molecular flexibility index (Phi) is 6.09. The number of aliphatic hydroxyl groups is 1. The smallest absolute Gasteiger partial charge is 0.407 e. The Morgan fingerprint density at radius 3 is 2.72 bits per heavy atom. The summed E-state index contributed by atoms with van der Waals surface area (Å²) in [7, 11) is 0. The number of ketones is 1. The number of carbonyl (C=O) groups excluding carboxylic acids is 2. The first-order chi connectivity index (χ1) is 15.1. The van der Waals surface area contributed by atoms with Crippen LogP contribution in [-0.2, 0) is 22.4 Å². The number of aromatic nitrogens is 2. The highest BCUT2D eigenvalue weighted by molar-refractivity contribution is 5.82. The lowest BCUT2D eigenvalue weighted by atomic mass is 9.96. The van der Waals surface area contributed by atoms with Gasteiger partial charge in [0.25, 0.3) is 0 Å². The van der Waals surface area contributed by atoms with Crippen LogP contribution in [0, 0.1) is 0 Å². The lowest BCUT2D eigenvalue weighted by molar-refractivity contribution is -0.126. The van der Waals surface area contributed by atoms with Gasteiger partial charge in [-0.25, -0.2) is 9.78 Å². The number of aliphatic hydroxyl groups excluding tert-OH is 1. The van der Waals surface area contributed by atoms with E-state index >= 15 is 0 Å². The summed E-state index contributed by atoms with van der Waals surface area (Å²) in [6, 6.07) is 7.32. The van der Waals surface area contributed by atoms with Crippen molar-refractivity contribution in [2.75, 3.05) is 13.1 Å². The van der Waals surface area contributed by atoms with Gasteiger partial charge in [-0.05, 0) is 58.6 Å². The molecule has 0 aliphatic carbocycles. The van der Waals surface area contributed by atoms with E-state index in [1.165, 1.54) is 12.5 Å². The number of para-hydroxylation sites is 1. The highest BCUT2D eigenvalue weighted by Gasteiger charge is 2.39. The Hall–Kier alpha value is -2.71. The number of fused-ring (bicyclic) bond motifs is 3. The molecule has 3 heterocycles. The van der Waals surface area contributed by atoms with Crippen LogP contribution >= 0.6 is 0 Å². The molecule has 8 heteroatoms. The number of hydrogen-bond acceptors (Lipinski definition) is 6. The number of likely N-dealkylation sites (tertiary alicyclic amines) is 1. The molecule has 0 spiro atoms. The van der Waals surface area contributed by atoms with E-state index in [4.69, 9.17) is 4.74 Å². The number of hydrogen-bond donors (Lipinski definition) is 2. The number of rotatable bonds is 5. The molecular weight excluding hydrogens is 408 g/mol. The van der Waals surface area contributed by atoms with Crippen LogP contribution in [-0.4, -0.2) is 62.2 Å². The SMILES string of the molecule is CC(=O)C(C(O)c1ncn2c1CCc1ccccc1-2)N1CC[C@H](NC(=O)OC(C)(C)C)C1.